The van der Waals surface area contributed by atoms with Gasteiger partial charge in [0.15, 0.2) is 0 Å². The molecule has 1 fully saturated rings. The summed E-state index contributed by atoms with van der Waals surface area (Å²) in [7, 11) is 0. The summed E-state index contributed by atoms with van der Waals surface area (Å²) in [5.74, 6) is 0. The third kappa shape index (κ3) is 1.83. The van der Waals surface area contributed by atoms with Crippen LogP contribution in [-0.4, -0.2) is 10.5 Å². The fourth-order valence-corrected chi connectivity index (χ4v) is 3.53. The van der Waals surface area contributed by atoms with E-state index in [4.69, 9.17) is 17.3 Å². The highest BCUT2D eigenvalue weighted by Crippen LogP contribution is 2.35. The number of hydrogen-bond donors (Lipinski definition) is 1. The maximum Gasteiger partial charge on any atom is 0.0956 e. The van der Waals surface area contributed by atoms with Gasteiger partial charge in [0.05, 0.1) is 15.2 Å². The summed E-state index contributed by atoms with van der Waals surface area (Å²) in [6, 6.07) is 5.83. The molecule has 1 aromatic carbocycles. The van der Waals surface area contributed by atoms with E-state index >= 15 is 0 Å². The molecule has 3 rings (SSSR count). The molecule has 2 aromatic rings. The Labute approximate surface area is 103 Å². The first-order chi connectivity index (χ1) is 7.65. The second-order valence-corrected chi connectivity index (χ2v) is 6.16. The molecule has 0 bridgehead atoms. The van der Waals surface area contributed by atoms with E-state index in [2.05, 4.69) is 4.98 Å². The molecular weight excluding hydrogens is 240 g/mol. The monoisotopic (exact) mass is 252 g/mol. The van der Waals surface area contributed by atoms with Crippen molar-refractivity contribution in [2.75, 3.05) is 0 Å². The van der Waals surface area contributed by atoms with Crippen LogP contribution >= 0.6 is 22.9 Å². The first-order valence-electron chi connectivity index (χ1n) is 5.49. The Morgan fingerprint density at radius 3 is 2.94 bits per heavy atom. The van der Waals surface area contributed by atoms with Crippen molar-refractivity contribution >= 4 is 33.2 Å². The van der Waals surface area contributed by atoms with Gasteiger partial charge in [0, 0.05) is 17.0 Å². The Bertz CT molecular complexity index is 531. The number of aromatic nitrogens is 1. The smallest absolute Gasteiger partial charge is 0.0956 e. The van der Waals surface area contributed by atoms with Crippen molar-refractivity contribution in [3.8, 4) is 0 Å². The van der Waals surface area contributed by atoms with Crippen molar-refractivity contribution < 1.29 is 0 Å². The Hall–Kier alpha value is -0.640. The van der Waals surface area contributed by atoms with Crippen molar-refractivity contribution in [2.45, 2.75) is 31.2 Å². The normalized spacial score (nSPS) is 18.6. The van der Waals surface area contributed by atoms with E-state index in [0.717, 1.165) is 39.5 Å². The molecule has 1 saturated carbocycles. The minimum atomic E-state index is 0.0116. The number of fused-ring (bicyclic) bond motifs is 1. The van der Waals surface area contributed by atoms with Crippen LogP contribution in [0.2, 0.25) is 5.02 Å². The molecule has 1 aliphatic carbocycles. The van der Waals surface area contributed by atoms with Gasteiger partial charge in [0.25, 0.3) is 0 Å². The van der Waals surface area contributed by atoms with Crippen LogP contribution in [-0.2, 0) is 6.42 Å². The van der Waals surface area contributed by atoms with Gasteiger partial charge in [-0.2, -0.15) is 0 Å². The van der Waals surface area contributed by atoms with E-state index in [9.17, 15) is 0 Å². The van der Waals surface area contributed by atoms with Crippen LogP contribution in [0.3, 0.4) is 0 Å². The topological polar surface area (TPSA) is 38.9 Å². The van der Waals surface area contributed by atoms with Crippen LogP contribution in [0.1, 0.15) is 24.3 Å². The molecule has 0 radical (unpaired) electrons. The highest BCUT2D eigenvalue weighted by molar-refractivity contribution is 7.18. The molecule has 0 atom stereocenters. The largest absolute Gasteiger partial charge is 0.325 e. The highest BCUT2D eigenvalue weighted by Gasteiger charge is 2.33. The molecule has 4 heteroatoms. The summed E-state index contributed by atoms with van der Waals surface area (Å²) in [6.07, 6.45) is 4.42. The molecule has 16 heavy (non-hydrogen) atoms. The van der Waals surface area contributed by atoms with Crippen molar-refractivity contribution in [3.05, 3.63) is 28.2 Å². The summed E-state index contributed by atoms with van der Waals surface area (Å²) in [5, 5.41) is 1.91. The van der Waals surface area contributed by atoms with E-state index < -0.39 is 0 Å². The second kappa shape index (κ2) is 3.69. The van der Waals surface area contributed by atoms with Gasteiger partial charge in [0.1, 0.15) is 0 Å². The predicted octanol–water partition coefficient (Wildman–Crippen LogP) is 3.37. The third-order valence-corrected chi connectivity index (χ3v) is 4.50. The number of rotatable bonds is 2. The van der Waals surface area contributed by atoms with Crippen molar-refractivity contribution in [3.63, 3.8) is 0 Å². The Morgan fingerprint density at radius 2 is 2.25 bits per heavy atom. The van der Waals surface area contributed by atoms with Crippen molar-refractivity contribution in [1.29, 1.82) is 0 Å². The van der Waals surface area contributed by atoms with Crippen LogP contribution in [0.5, 0.6) is 0 Å². The third-order valence-electron chi connectivity index (χ3n) is 3.25. The minimum Gasteiger partial charge on any atom is -0.325 e. The molecule has 84 valence electrons. The minimum absolute atomic E-state index is 0.0116. The summed E-state index contributed by atoms with van der Waals surface area (Å²) in [6.45, 7) is 0. The number of nitrogens with two attached hydrogens (primary N) is 1. The van der Waals surface area contributed by atoms with Gasteiger partial charge in [-0.05, 0) is 37.5 Å². The van der Waals surface area contributed by atoms with E-state index in [1.54, 1.807) is 11.3 Å². The zero-order valence-electron chi connectivity index (χ0n) is 8.87. The molecule has 0 saturated heterocycles. The lowest BCUT2D eigenvalue weighted by molar-refractivity contribution is 0.247. The molecule has 1 aromatic heterocycles. The van der Waals surface area contributed by atoms with Gasteiger partial charge in [-0.3, -0.25) is 0 Å². The Balaban J connectivity index is 1.93. The molecule has 2 N–H and O–H groups in total. The molecule has 0 unspecified atom stereocenters. The fraction of sp³-hybridized carbons (Fsp3) is 0.417. The summed E-state index contributed by atoms with van der Waals surface area (Å²) in [4.78, 5) is 4.60. The summed E-state index contributed by atoms with van der Waals surface area (Å²) in [5.41, 5.74) is 7.27. The average Bonchev–Trinajstić information content (AvgIpc) is 2.56. The van der Waals surface area contributed by atoms with Crippen molar-refractivity contribution in [2.24, 2.45) is 5.73 Å². The lowest BCUT2D eigenvalue weighted by Gasteiger charge is -2.37. The number of nitrogens with zero attached hydrogens (tertiary/aromatic N) is 1. The molecular formula is C12H13ClN2S. The number of halogens is 1. The van der Waals surface area contributed by atoms with Gasteiger partial charge < -0.3 is 5.73 Å². The zero-order valence-corrected chi connectivity index (χ0v) is 10.4. The van der Waals surface area contributed by atoms with Crippen LogP contribution in [0.25, 0.3) is 10.2 Å². The Kier molecular flexibility index (Phi) is 2.42. The van der Waals surface area contributed by atoms with E-state index in [-0.39, 0.29) is 5.54 Å². The predicted molar refractivity (Wildman–Crippen MR) is 69.1 cm³/mol. The van der Waals surface area contributed by atoms with Crippen LogP contribution in [0.15, 0.2) is 18.2 Å². The lowest BCUT2D eigenvalue weighted by Crippen LogP contribution is -2.48. The average molecular weight is 253 g/mol. The number of hydrogen-bond acceptors (Lipinski definition) is 3. The molecule has 0 spiro atoms. The maximum absolute atomic E-state index is 6.23. The molecule has 1 heterocycles. The number of benzene rings is 1. The van der Waals surface area contributed by atoms with Gasteiger partial charge in [-0.25, -0.2) is 4.98 Å². The highest BCUT2D eigenvalue weighted by atomic mass is 35.5. The van der Waals surface area contributed by atoms with E-state index in [1.807, 2.05) is 18.2 Å². The summed E-state index contributed by atoms with van der Waals surface area (Å²) < 4.78 is 1.16. The first kappa shape index (κ1) is 10.5. The maximum atomic E-state index is 6.23. The molecule has 0 amide bonds. The fourth-order valence-electron chi connectivity index (χ4n) is 2.13. The second-order valence-electron chi connectivity index (χ2n) is 4.61. The number of thiazole rings is 1. The standard InChI is InChI=1S/C12H13ClN2S/c13-8-2-3-9-10(6-8)16-11(15-9)7-12(14)4-1-5-12/h2-3,6H,1,4-5,7,14H2. The summed E-state index contributed by atoms with van der Waals surface area (Å²) >= 11 is 7.67. The Morgan fingerprint density at radius 1 is 1.44 bits per heavy atom. The van der Waals surface area contributed by atoms with Gasteiger partial charge >= 0.3 is 0 Å². The van der Waals surface area contributed by atoms with E-state index in [1.165, 1.54) is 6.42 Å². The first-order valence-corrected chi connectivity index (χ1v) is 6.68. The van der Waals surface area contributed by atoms with Crippen LogP contribution in [0.4, 0.5) is 0 Å². The van der Waals surface area contributed by atoms with Crippen LogP contribution in [0, 0.1) is 0 Å². The SMILES string of the molecule is NC1(Cc2nc3ccc(Cl)cc3s2)CCC1. The zero-order chi connectivity index (χ0) is 11.2. The van der Waals surface area contributed by atoms with E-state index in [0.29, 0.717) is 0 Å². The quantitative estimate of drug-likeness (QED) is 0.890. The van der Waals surface area contributed by atoms with Gasteiger partial charge in [0.2, 0.25) is 0 Å². The van der Waals surface area contributed by atoms with Gasteiger partial charge in [-0.15, -0.1) is 11.3 Å². The van der Waals surface area contributed by atoms with Gasteiger partial charge in [-0.1, -0.05) is 11.6 Å². The van der Waals surface area contributed by atoms with Crippen LogP contribution < -0.4 is 5.73 Å². The molecule has 2 nitrogen and oxygen atoms in total. The molecule has 0 aliphatic heterocycles. The lowest BCUT2D eigenvalue weighted by atomic mass is 9.75. The molecule has 1 aliphatic rings. The van der Waals surface area contributed by atoms with Crippen molar-refractivity contribution in [1.82, 2.24) is 4.98 Å².